The van der Waals surface area contributed by atoms with Crippen molar-refractivity contribution in [1.29, 1.82) is 0 Å². The van der Waals surface area contributed by atoms with Gasteiger partial charge in [-0.25, -0.2) is 0 Å². The number of ketones is 1. The molecule has 100 valence electrons. The molecule has 0 N–H and O–H groups in total. The van der Waals surface area contributed by atoms with Crippen LogP contribution in [0.25, 0.3) is 6.08 Å². The van der Waals surface area contributed by atoms with E-state index in [1.54, 1.807) is 19.9 Å². The quantitative estimate of drug-likeness (QED) is 0.611. The van der Waals surface area contributed by atoms with Crippen LogP contribution in [0.1, 0.15) is 17.0 Å². The maximum atomic E-state index is 12.4. The Kier molecular flexibility index (Phi) is 4.62. The first-order chi connectivity index (χ1) is 8.24. The van der Waals surface area contributed by atoms with E-state index < -0.39 is 12.7 Å². The predicted octanol–water partition coefficient (Wildman–Crippen LogP) is 3.49. The zero-order valence-electron chi connectivity index (χ0n) is 10.0. The second kappa shape index (κ2) is 5.61. The van der Waals surface area contributed by atoms with Crippen LogP contribution in [0, 0.1) is 13.8 Å². The number of carbonyl (C=O) groups is 1. The normalized spacial score (nSPS) is 12.3. The molecule has 0 aliphatic heterocycles. The topological polar surface area (TPSA) is 22.0 Å². The van der Waals surface area contributed by atoms with Crippen molar-refractivity contribution in [2.45, 2.75) is 26.6 Å². The maximum Gasteiger partial charge on any atom is 0.406 e. The highest BCUT2D eigenvalue weighted by Gasteiger charge is 2.29. The fourth-order valence-electron chi connectivity index (χ4n) is 1.65. The Morgan fingerprint density at radius 3 is 2.56 bits per heavy atom. The Hall–Kier alpha value is -1.23. The van der Waals surface area contributed by atoms with Gasteiger partial charge in [-0.3, -0.25) is 4.79 Å². The predicted molar refractivity (Wildman–Crippen MR) is 64.7 cm³/mol. The molecule has 1 aromatic rings. The Morgan fingerprint density at radius 1 is 1.44 bits per heavy atom. The van der Waals surface area contributed by atoms with Crippen LogP contribution in [-0.4, -0.2) is 22.4 Å². The van der Waals surface area contributed by atoms with Crippen LogP contribution in [0.5, 0.6) is 0 Å². The highest BCUT2D eigenvalue weighted by atomic mass is 35.5. The molecule has 18 heavy (non-hydrogen) atoms. The van der Waals surface area contributed by atoms with Crippen molar-refractivity contribution in [3.63, 3.8) is 0 Å². The van der Waals surface area contributed by atoms with Crippen LogP contribution < -0.4 is 0 Å². The molecule has 0 spiro atoms. The van der Waals surface area contributed by atoms with Gasteiger partial charge in [0, 0.05) is 11.4 Å². The van der Waals surface area contributed by atoms with Gasteiger partial charge in [-0.2, -0.15) is 13.2 Å². The molecule has 0 bridgehead atoms. The fourth-order valence-corrected chi connectivity index (χ4v) is 1.74. The molecule has 0 unspecified atom stereocenters. The van der Waals surface area contributed by atoms with Crippen molar-refractivity contribution < 1.29 is 18.0 Å². The smallest absolute Gasteiger partial charge is 0.340 e. The number of alkyl halides is 4. The van der Waals surface area contributed by atoms with Crippen LogP contribution in [0.4, 0.5) is 13.2 Å². The van der Waals surface area contributed by atoms with E-state index >= 15 is 0 Å². The summed E-state index contributed by atoms with van der Waals surface area (Å²) in [5, 5.41) is 0. The molecule has 0 saturated heterocycles. The third-order valence-corrected chi connectivity index (χ3v) is 2.79. The number of aromatic nitrogens is 1. The van der Waals surface area contributed by atoms with Gasteiger partial charge in [0.2, 0.25) is 0 Å². The van der Waals surface area contributed by atoms with Gasteiger partial charge in [-0.1, -0.05) is 0 Å². The highest BCUT2D eigenvalue weighted by molar-refractivity contribution is 6.29. The lowest BCUT2D eigenvalue weighted by Gasteiger charge is -2.12. The summed E-state index contributed by atoms with van der Waals surface area (Å²) in [6.07, 6.45) is -1.51. The van der Waals surface area contributed by atoms with Gasteiger partial charge in [0.25, 0.3) is 0 Å². The minimum atomic E-state index is -4.26. The molecule has 0 aromatic carbocycles. The van der Waals surface area contributed by atoms with E-state index in [4.69, 9.17) is 11.6 Å². The van der Waals surface area contributed by atoms with Gasteiger partial charge in [0.05, 0.1) is 5.88 Å². The summed E-state index contributed by atoms with van der Waals surface area (Å²) in [7, 11) is 0. The highest BCUT2D eigenvalue weighted by Crippen LogP contribution is 2.23. The molecule has 0 aliphatic rings. The summed E-state index contributed by atoms with van der Waals surface area (Å²) in [6, 6.07) is 1.61. The molecular weight excluding hydrogens is 267 g/mol. The summed E-state index contributed by atoms with van der Waals surface area (Å²) in [6.45, 7) is 2.16. The fraction of sp³-hybridized carbons (Fsp3) is 0.417. The standard InChI is InChI=1S/C12H13ClF3NO/c1-8-5-10(3-4-11(18)6-13)9(2)17(8)7-12(14,15)16/h3-5H,6-7H2,1-2H3/b4-3+. The van der Waals surface area contributed by atoms with Crippen LogP contribution in [-0.2, 0) is 11.3 Å². The zero-order valence-corrected chi connectivity index (χ0v) is 10.8. The summed E-state index contributed by atoms with van der Waals surface area (Å²) in [5.41, 5.74) is 1.57. The van der Waals surface area contributed by atoms with E-state index in [0.717, 1.165) is 0 Å². The van der Waals surface area contributed by atoms with E-state index in [0.29, 0.717) is 17.0 Å². The summed E-state index contributed by atoms with van der Waals surface area (Å²) in [4.78, 5) is 11.0. The van der Waals surface area contributed by atoms with Crippen LogP contribution in [0.15, 0.2) is 12.1 Å². The zero-order chi connectivity index (χ0) is 13.9. The molecule has 0 fully saturated rings. The van der Waals surface area contributed by atoms with E-state index in [-0.39, 0.29) is 11.7 Å². The molecule has 0 saturated carbocycles. The van der Waals surface area contributed by atoms with Crippen molar-refractivity contribution in [1.82, 2.24) is 4.57 Å². The molecule has 0 radical (unpaired) electrons. The molecule has 0 atom stereocenters. The average Bonchev–Trinajstić information content (AvgIpc) is 2.51. The number of halogens is 4. The molecule has 1 rings (SSSR count). The van der Waals surface area contributed by atoms with Crippen molar-refractivity contribution >= 4 is 23.5 Å². The second-order valence-electron chi connectivity index (χ2n) is 3.96. The lowest BCUT2D eigenvalue weighted by molar-refractivity contribution is -0.141. The van der Waals surface area contributed by atoms with Gasteiger partial charge in [0.15, 0.2) is 5.78 Å². The van der Waals surface area contributed by atoms with Crippen LogP contribution in [0.3, 0.4) is 0 Å². The van der Waals surface area contributed by atoms with E-state index in [1.807, 2.05) is 0 Å². The molecule has 6 heteroatoms. The lowest BCUT2D eigenvalue weighted by Crippen LogP contribution is -2.19. The monoisotopic (exact) mass is 279 g/mol. The van der Waals surface area contributed by atoms with Crippen LogP contribution >= 0.6 is 11.6 Å². The number of nitrogens with zero attached hydrogens (tertiary/aromatic N) is 1. The largest absolute Gasteiger partial charge is 0.406 e. The second-order valence-corrected chi connectivity index (χ2v) is 4.23. The number of hydrogen-bond acceptors (Lipinski definition) is 1. The van der Waals surface area contributed by atoms with Gasteiger partial charge in [-0.05, 0) is 37.6 Å². The molecular formula is C12H13ClF3NO. The Labute approximate surface area is 108 Å². The summed E-state index contributed by atoms with van der Waals surface area (Å²) < 4.78 is 38.3. The Bertz CT molecular complexity index is 474. The number of hydrogen-bond donors (Lipinski definition) is 0. The molecule has 0 amide bonds. The Morgan fingerprint density at radius 2 is 2.06 bits per heavy atom. The van der Waals surface area contributed by atoms with E-state index in [1.165, 1.54) is 16.7 Å². The van der Waals surface area contributed by atoms with Gasteiger partial charge >= 0.3 is 6.18 Å². The number of rotatable bonds is 4. The van der Waals surface area contributed by atoms with Gasteiger partial charge in [0.1, 0.15) is 6.54 Å². The van der Waals surface area contributed by atoms with Crippen molar-refractivity contribution in [3.05, 3.63) is 29.1 Å². The molecule has 1 aromatic heterocycles. The van der Waals surface area contributed by atoms with Crippen molar-refractivity contribution in [2.24, 2.45) is 0 Å². The van der Waals surface area contributed by atoms with Crippen molar-refractivity contribution in [3.8, 4) is 0 Å². The SMILES string of the molecule is Cc1cc(/C=C/C(=O)CCl)c(C)n1CC(F)(F)F. The van der Waals surface area contributed by atoms with Crippen LogP contribution in [0.2, 0.25) is 0 Å². The molecule has 1 heterocycles. The minimum absolute atomic E-state index is 0.141. The number of aryl methyl sites for hydroxylation is 1. The Balaban J connectivity index is 3.01. The number of allylic oxidation sites excluding steroid dienone is 1. The third kappa shape index (κ3) is 3.91. The first-order valence-corrected chi connectivity index (χ1v) is 5.78. The summed E-state index contributed by atoms with van der Waals surface area (Å²) in [5.74, 6) is -0.421. The molecule has 0 aliphatic carbocycles. The lowest BCUT2D eigenvalue weighted by atomic mass is 10.2. The van der Waals surface area contributed by atoms with Gasteiger partial charge < -0.3 is 4.57 Å². The van der Waals surface area contributed by atoms with E-state index in [9.17, 15) is 18.0 Å². The first kappa shape index (κ1) is 14.8. The van der Waals surface area contributed by atoms with E-state index in [2.05, 4.69) is 0 Å². The maximum absolute atomic E-state index is 12.4. The first-order valence-electron chi connectivity index (χ1n) is 5.25. The number of carbonyl (C=O) groups excluding carboxylic acids is 1. The van der Waals surface area contributed by atoms with Gasteiger partial charge in [-0.15, -0.1) is 11.6 Å². The van der Waals surface area contributed by atoms with Crippen molar-refractivity contribution in [2.75, 3.05) is 5.88 Å². The minimum Gasteiger partial charge on any atom is -0.340 e. The third-order valence-electron chi connectivity index (χ3n) is 2.53. The molecule has 2 nitrogen and oxygen atoms in total. The summed E-state index contributed by atoms with van der Waals surface area (Å²) >= 11 is 5.33. The average molecular weight is 280 g/mol.